The summed E-state index contributed by atoms with van der Waals surface area (Å²) < 4.78 is 0. The molecule has 0 saturated heterocycles. The summed E-state index contributed by atoms with van der Waals surface area (Å²) >= 11 is 13.3. The molecule has 70 valence electrons. The van der Waals surface area contributed by atoms with Crippen LogP contribution in [0.2, 0.25) is 5.02 Å². The summed E-state index contributed by atoms with van der Waals surface area (Å²) in [5.41, 5.74) is 0.784. The Bertz CT molecular complexity index is 340. The summed E-state index contributed by atoms with van der Waals surface area (Å²) in [5.74, 6) is 0.0359. The van der Waals surface area contributed by atoms with E-state index in [-0.39, 0.29) is 10.6 Å². The Morgan fingerprint density at radius 2 is 2.23 bits per heavy atom. The van der Waals surface area contributed by atoms with Gasteiger partial charge in [-0.15, -0.1) is 12.6 Å². The maximum Gasteiger partial charge on any atom is 0.147 e. The van der Waals surface area contributed by atoms with Crippen molar-refractivity contribution in [3.05, 3.63) is 28.8 Å². The Hall–Kier alpha value is 0.01000. The molecule has 1 nitrogen and oxygen atoms in total. The van der Waals surface area contributed by atoms with Gasteiger partial charge in [0.05, 0.1) is 4.83 Å². The van der Waals surface area contributed by atoms with Gasteiger partial charge in [-0.25, -0.2) is 0 Å². The molecule has 1 aromatic rings. The molecule has 4 heteroatoms. The van der Waals surface area contributed by atoms with Crippen LogP contribution in [0.5, 0.6) is 0 Å². The van der Waals surface area contributed by atoms with E-state index in [9.17, 15) is 4.79 Å². The van der Waals surface area contributed by atoms with Gasteiger partial charge in [-0.2, -0.15) is 0 Å². The van der Waals surface area contributed by atoms with Crippen LogP contribution < -0.4 is 0 Å². The highest BCUT2D eigenvalue weighted by molar-refractivity contribution is 9.09. The normalized spacial score (nSPS) is 12.6. The van der Waals surface area contributed by atoms with Gasteiger partial charge in [0.2, 0.25) is 0 Å². The number of alkyl halides is 1. The predicted molar refractivity (Wildman–Crippen MR) is 61.1 cm³/mol. The minimum Gasteiger partial charge on any atom is -0.298 e. The molecule has 13 heavy (non-hydrogen) atoms. The van der Waals surface area contributed by atoms with E-state index in [0.29, 0.717) is 5.02 Å². The fraction of sp³-hybridized carbons (Fsp3) is 0.222. The second kappa shape index (κ2) is 4.49. The minimum absolute atomic E-state index is 0.0359. The Kier molecular flexibility index (Phi) is 3.83. The zero-order chi connectivity index (χ0) is 10.0. The molecule has 1 rings (SSSR count). The third-order valence-electron chi connectivity index (χ3n) is 1.61. The lowest BCUT2D eigenvalue weighted by molar-refractivity contribution is -0.116. The number of carbonyl (C=O) groups is 1. The first kappa shape index (κ1) is 11.1. The third kappa shape index (κ3) is 2.73. The van der Waals surface area contributed by atoms with Crippen LogP contribution in [0, 0.1) is 0 Å². The van der Waals surface area contributed by atoms with Gasteiger partial charge in [0.1, 0.15) is 5.78 Å². The maximum absolute atomic E-state index is 11.1. The molecule has 0 aliphatic rings. The number of ketones is 1. The van der Waals surface area contributed by atoms with Gasteiger partial charge in [0.25, 0.3) is 0 Å². The van der Waals surface area contributed by atoms with Crippen LogP contribution >= 0.6 is 40.2 Å². The molecule has 1 atom stereocenters. The van der Waals surface area contributed by atoms with Gasteiger partial charge in [0, 0.05) is 9.92 Å². The Morgan fingerprint density at radius 3 is 2.69 bits per heavy atom. The summed E-state index contributed by atoms with van der Waals surface area (Å²) in [7, 11) is 0. The Balaban J connectivity index is 3.08. The van der Waals surface area contributed by atoms with Crippen LogP contribution in [0.3, 0.4) is 0 Å². The minimum atomic E-state index is -0.325. The van der Waals surface area contributed by atoms with Gasteiger partial charge in [-0.05, 0) is 24.6 Å². The monoisotopic (exact) mass is 278 g/mol. The van der Waals surface area contributed by atoms with Gasteiger partial charge in [-0.3, -0.25) is 4.79 Å². The van der Waals surface area contributed by atoms with Crippen molar-refractivity contribution in [3.8, 4) is 0 Å². The average Bonchev–Trinajstić information content (AvgIpc) is 2.03. The molecule has 0 N–H and O–H groups in total. The van der Waals surface area contributed by atoms with Gasteiger partial charge < -0.3 is 0 Å². The SMILES string of the molecule is CC(=O)C(Br)c1ccc(S)cc1Cl. The number of rotatable bonds is 2. The Morgan fingerprint density at radius 1 is 1.62 bits per heavy atom. The predicted octanol–water partition coefficient (Wildman–Crippen LogP) is 3.65. The van der Waals surface area contributed by atoms with E-state index < -0.39 is 0 Å². The van der Waals surface area contributed by atoms with Gasteiger partial charge >= 0.3 is 0 Å². The van der Waals surface area contributed by atoms with Crippen LogP contribution in [0.4, 0.5) is 0 Å². The lowest BCUT2D eigenvalue weighted by atomic mass is 10.1. The lowest BCUT2D eigenvalue weighted by Gasteiger charge is -2.08. The molecule has 0 heterocycles. The highest BCUT2D eigenvalue weighted by atomic mass is 79.9. The topological polar surface area (TPSA) is 17.1 Å². The first-order chi connectivity index (χ1) is 6.02. The number of hydrogen-bond acceptors (Lipinski definition) is 2. The van der Waals surface area contributed by atoms with Gasteiger partial charge in [-0.1, -0.05) is 33.6 Å². The van der Waals surface area contributed by atoms with E-state index in [1.165, 1.54) is 6.92 Å². The standard InChI is InChI=1S/C9H8BrClOS/c1-5(12)9(10)7-3-2-6(13)4-8(7)11/h2-4,9,13H,1H3. The van der Waals surface area contributed by atoms with Crippen molar-refractivity contribution in [1.29, 1.82) is 0 Å². The third-order valence-corrected chi connectivity index (χ3v) is 3.36. The number of Topliss-reactive ketones (excluding diaryl/α,β-unsaturated/α-hetero) is 1. The molecular weight excluding hydrogens is 272 g/mol. The fourth-order valence-electron chi connectivity index (χ4n) is 0.941. The van der Waals surface area contributed by atoms with E-state index in [0.717, 1.165) is 10.5 Å². The van der Waals surface area contributed by atoms with E-state index in [4.69, 9.17) is 11.6 Å². The zero-order valence-corrected chi connectivity index (χ0v) is 10.2. The molecule has 1 aromatic carbocycles. The molecular formula is C9H8BrClOS. The van der Waals surface area contributed by atoms with Crippen molar-refractivity contribution in [2.24, 2.45) is 0 Å². The molecule has 0 fully saturated rings. The van der Waals surface area contributed by atoms with Gasteiger partial charge in [0.15, 0.2) is 0 Å². The summed E-state index contributed by atoms with van der Waals surface area (Å²) in [6.07, 6.45) is 0. The molecule has 0 spiro atoms. The van der Waals surface area contributed by atoms with E-state index in [2.05, 4.69) is 28.6 Å². The van der Waals surface area contributed by atoms with E-state index >= 15 is 0 Å². The van der Waals surface area contributed by atoms with Crippen LogP contribution in [-0.4, -0.2) is 5.78 Å². The number of carbonyl (C=O) groups excluding carboxylic acids is 1. The number of halogens is 2. The Labute approximate surface area is 96.0 Å². The molecule has 0 aromatic heterocycles. The van der Waals surface area contributed by atoms with Crippen LogP contribution in [-0.2, 0) is 4.79 Å². The highest BCUT2D eigenvalue weighted by Crippen LogP contribution is 2.31. The second-order valence-corrected chi connectivity index (χ2v) is 4.52. The summed E-state index contributed by atoms with van der Waals surface area (Å²) in [6.45, 7) is 1.52. The number of thiol groups is 1. The number of hydrogen-bond donors (Lipinski definition) is 1. The molecule has 0 radical (unpaired) electrons. The smallest absolute Gasteiger partial charge is 0.147 e. The van der Waals surface area contributed by atoms with Crippen LogP contribution in [0.15, 0.2) is 23.1 Å². The van der Waals surface area contributed by atoms with Crippen LogP contribution in [0.1, 0.15) is 17.3 Å². The molecule has 0 amide bonds. The van der Waals surface area contributed by atoms with Crippen LogP contribution in [0.25, 0.3) is 0 Å². The summed E-state index contributed by atoms with van der Waals surface area (Å²) in [6, 6.07) is 5.32. The van der Waals surface area contributed by atoms with Crippen molar-refractivity contribution in [1.82, 2.24) is 0 Å². The highest BCUT2D eigenvalue weighted by Gasteiger charge is 2.15. The zero-order valence-electron chi connectivity index (χ0n) is 6.92. The van der Waals surface area contributed by atoms with Crippen molar-refractivity contribution in [2.45, 2.75) is 16.6 Å². The van der Waals surface area contributed by atoms with Crippen molar-refractivity contribution in [2.75, 3.05) is 0 Å². The van der Waals surface area contributed by atoms with E-state index in [1.54, 1.807) is 12.1 Å². The number of benzene rings is 1. The van der Waals surface area contributed by atoms with Crippen molar-refractivity contribution >= 4 is 45.9 Å². The average molecular weight is 280 g/mol. The molecule has 0 bridgehead atoms. The lowest BCUT2D eigenvalue weighted by Crippen LogP contribution is -2.01. The second-order valence-electron chi connectivity index (χ2n) is 2.68. The van der Waals surface area contributed by atoms with Crippen molar-refractivity contribution in [3.63, 3.8) is 0 Å². The van der Waals surface area contributed by atoms with E-state index in [1.807, 2.05) is 6.07 Å². The molecule has 0 aliphatic heterocycles. The van der Waals surface area contributed by atoms with Crippen molar-refractivity contribution < 1.29 is 4.79 Å². The summed E-state index contributed by atoms with van der Waals surface area (Å²) in [4.78, 5) is 11.5. The molecule has 0 aliphatic carbocycles. The maximum atomic E-state index is 11.1. The summed E-state index contributed by atoms with van der Waals surface area (Å²) in [5, 5.41) is 0.560. The quantitative estimate of drug-likeness (QED) is 0.646. The largest absolute Gasteiger partial charge is 0.298 e. The first-order valence-corrected chi connectivity index (χ1v) is 5.39. The fourth-order valence-corrected chi connectivity index (χ4v) is 2.04. The molecule has 1 unspecified atom stereocenters. The molecule has 0 saturated carbocycles. The first-order valence-electron chi connectivity index (χ1n) is 3.65.